The summed E-state index contributed by atoms with van der Waals surface area (Å²) < 4.78 is 38.1. The van der Waals surface area contributed by atoms with Crippen molar-refractivity contribution < 1.29 is 22.8 Å². The van der Waals surface area contributed by atoms with Crippen LogP contribution in [-0.4, -0.2) is 25.6 Å². The maximum atomic E-state index is 12.9. The third-order valence-corrected chi connectivity index (χ3v) is 2.03. The smallest absolute Gasteiger partial charge is 0.273 e. The van der Waals surface area contributed by atoms with Crippen LogP contribution in [0.3, 0.4) is 0 Å². The second kappa shape index (κ2) is 10.3. The van der Waals surface area contributed by atoms with E-state index < -0.39 is 17.3 Å². The van der Waals surface area contributed by atoms with E-state index in [2.05, 4.69) is 4.84 Å². The summed E-state index contributed by atoms with van der Waals surface area (Å²) in [5.74, 6) is -3.94. The third-order valence-electron chi connectivity index (χ3n) is 2.03. The largest absolute Gasteiger partial charge is 0.276 e. The van der Waals surface area contributed by atoms with Crippen molar-refractivity contribution in [3.8, 4) is 0 Å². The van der Waals surface area contributed by atoms with Crippen LogP contribution in [0.2, 0.25) is 0 Å². The van der Waals surface area contributed by atoms with Crippen LogP contribution in [0.1, 0.15) is 31.9 Å². The quantitative estimate of drug-likeness (QED) is 0.624. The van der Waals surface area contributed by atoms with Gasteiger partial charge in [0.05, 0.1) is 12.7 Å². The van der Waals surface area contributed by atoms with E-state index in [4.69, 9.17) is 0 Å². The number of nitrogens with zero attached hydrogens (tertiary/aromatic N) is 1. The second-order valence-electron chi connectivity index (χ2n) is 3.71. The highest BCUT2D eigenvalue weighted by Gasteiger charge is 2.27. The number of carbonyl (C=O) groups excluding carboxylic acids is 1. The van der Waals surface area contributed by atoms with Gasteiger partial charge in [-0.25, -0.2) is 18.2 Å². The fraction of sp³-hybridized carbons (Fsp3) is 0.500. The van der Waals surface area contributed by atoms with Crippen molar-refractivity contribution in [3.63, 3.8) is 0 Å². The lowest BCUT2D eigenvalue weighted by Gasteiger charge is -2.11. The molecule has 0 heterocycles. The van der Waals surface area contributed by atoms with Crippen LogP contribution >= 0.6 is 0 Å². The second-order valence-corrected chi connectivity index (χ2v) is 3.71. The molecule has 0 aromatic heterocycles. The molecule has 0 unspecified atom stereocenters. The van der Waals surface area contributed by atoms with Gasteiger partial charge in [-0.2, -0.15) is 0 Å². The Morgan fingerprint density at radius 3 is 2.05 bits per heavy atom. The summed E-state index contributed by atoms with van der Waals surface area (Å²) in [6.07, 6.45) is 0.583. The number of hydrogen-bond acceptors (Lipinski definition) is 2. The van der Waals surface area contributed by atoms with Gasteiger partial charge in [-0.05, 0) is 24.6 Å². The number of aryl methyl sites for hydroxylation is 1. The third kappa shape index (κ3) is 8.53. The van der Waals surface area contributed by atoms with Crippen LogP contribution in [0.4, 0.5) is 13.2 Å². The van der Waals surface area contributed by atoms with E-state index in [0.717, 1.165) is 17.2 Å². The zero-order valence-electron chi connectivity index (χ0n) is 12.7. The summed E-state index contributed by atoms with van der Waals surface area (Å²) in [6, 6.07) is 3.69. The predicted octanol–water partition coefficient (Wildman–Crippen LogP) is 3.91. The van der Waals surface area contributed by atoms with Crippen molar-refractivity contribution in [2.45, 2.75) is 33.6 Å². The van der Waals surface area contributed by atoms with E-state index in [0.29, 0.717) is 18.9 Å². The zero-order chi connectivity index (χ0) is 16.3. The molecule has 0 aliphatic rings. The molecule has 1 amide bonds. The van der Waals surface area contributed by atoms with Gasteiger partial charge in [0.25, 0.3) is 5.92 Å². The normalized spacial score (nSPS) is 9.65. The summed E-state index contributed by atoms with van der Waals surface area (Å²) in [5.41, 5.74) is 0.0913. The summed E-state index contributed by atoms with van der Waals surface area (Å²) in [6.45, 7) is 6.33. The van der Waals surface area contributed by atoms with Crippen molar-refractivity contribution in [2.75, 3.05) is 14.2 Å². The van der Waals surface area contributed by atoms with Gasteiger partial charge in [0, 0.05) is 14.0 Å². The number of hydrogen-bond donors (Lipinski definition) is 0. The highest BCUT2D eigenvalue weighted by atomic mass is 19.3. The van der Waals surface area contributed by atoms with Gasteiger partial charge >= 0.3 is 0 Å². The molecule has 0 saturated carbocycles. The lowest BCUT2D eigenvalue weighted by Crippen LogP contribution is -2.12. The van der Waals surface area contributed by atoms with Crippen LogP contribution in [-0.2, 0) is 15.6 Å². The molecular formula is C14H22F3NO2. The Morgan fingerprint density at radius 2 is 1.80 bits per heavy atom. The number of rotatable bonds is 3. The SMILES string of the molecule is CC.CON(C)C=O.Cc1ccc(C(C)(F)F)c(F)c1. The first-order chi connectivity index (χ1) is 9.22. The molecule has 1 rings (SSSR count). The average molecular weight is 293 g/mol. The number of carbonyl (C=O) groups is 1. The average Bonchev–Trinajstić information content (AvgIpc) is 2.39. The van der Waals surface area contributed by atoms with Crippen molar-refractivity contribution in [2.24, 2.45) is 0 Å². The standard InChI is InChI=1S/C9H9F3.C3H7NO2.C2H6/c1-6-3-4-7(8(10)5-6)9(2,11)12;1-4(3-5)6-2;1-2/h3-5H,1-2H3;3H,1-2H3;1-2H3. The van der Waals surface area contributed by atoms with E-state index in [9.17, 15) is 18.0 Å². The first kappa shape index (κ1) is 20.8. The number of benzene rings is 1. The lowest BCUT2D eigenvalue weighted by atomic mass is 10.1. The van der Waals surface area contributed by atoms with Crippen LogP contribution in [0.25, 0.3) is 0 Å². The van der Waals surface area contributed by atoms with Crippen LogP contribution in [0, 0.1) is 12.7 Å². The fourth-order valence-electron chi connectivity index (χ4n) is 1.02. The first-order valence-corrected chi connectivity index (χ1v) is 6.09. The minimum atomic E-state index is -3.10. The maximum Gasteiger partial charge on any atom is 0.273 e. The first-order valence-electron chi connectivity index (χ1n) is 6.09. The lowest BCUT2D eigenvalue weighted by molar-refractivity contribution is -0.153. The maximum absolute atomic E-state index is 12.9. The number of amides is 1. The summed E-state index contributed by atoms with van der Waals surface area (Å²) in [5, 5.41) is 1.07. The molecule has 0 atom stereocenters. The Labute approximate surface area is 118 Å². The molecule has 0 spiro atoms. The molecule has 0 aliphatic heterocycles. The fourth-order valence-corrected chi connectivity index (χ4v) is 1.02. The molecule has 116 valence electrons. The Kier molecular flexibility index (Phi) is 10.6. The van der Waals surface area contributed by atoms with Crippen molar-refractivity contribution >= 4 is 6.41 Å². The molecule has 0 fully saturated rings. The number of alkyl halides is 2. The zero-order valence-corrected chi connectivity index (χ0v) is 12.7. The van der Waals surface area contributed by atoms with Gasteiger partial charge in [-0.15, -0.1) is 0 Å². The summed E-state index contributed by atoms with van der Waals surface area (Å²) in [7, 11) is 2.95. The molecule has 0 aliphatic carbocycles. The highest BCUT2D eigenvalue weighted by Crippen LogP contribution is 2.29. The Morgan fingerprint density at radius 1 is 1.30 bits per heavy atom. The van der Waals surface area contributed by atoms with Gasteiger partial charge in [-0.1, -0.05) is 19.9 Å². The van der Waals surface area contributed by atoms with Crippen LogP contribution < -0.4 is 0 Å². The molecule has 3 nitrogen and oxygen atoms in total. The topological polar surface area (TPSA) is 29.5 Å². The van der Waals surface area contributed by atoms with Crippen molar-refractivity contribution in [1.29, 1.82) is 0 Å². The molecule has 0 N–H and O–H groups in total. The highest BCUT2D eigenvalue weighted by molar-refractivity contribution is 5.44. The number of halogens is 3. The van der Waals surface area contributed by atoms with E-state index in [1.165, 1.54) is 20.2 Å². The molecule has 1 aromatic rings. The number of hydroxylamine groups is 2. The predicted molar refractivity (Wildman–Crippen MR) is 72.9 cm³/mol. The van der Waals surface area contributed by atoms with Crippen LogP contribution in [0.5, 0.6) is 0 Å². The van der Waals surface area contributed by atoms with Crippen LogP contribution in [0.15, 0.2) is 18.2 Å². The van der Waals surface area contributed by atoms with Crippen molar-refractivity contribution in [3.05, 3.63) is 35.1 Å². The van der Waals surface area contributed by atoms with E-state index >= 15 is 0 Å². The molecule has 1 aromatic carbocycles. The summed E-state index contributed by atoms with van der Waals surface area (Å²) in [4.78, 5) is 13.9. The van der Waals surface area contributed by atoms with Gasteiger partial charge in [0.2, 0.25) is 6.41 Å². The minimum absolute atomic E-state index is 0.548. The van der Waals surface area contributed by atoms with Gasteiger partial charge in [0.15, 0.2) is 0 Å². The Hall–Kier alpha value is -1.56. The molecular weight excluding hydrogens is 271 g/mol. The summed E-state index contributed by atoms with van der Waals surface area (Å²) >= 11 is 0. The molecule has 20 heavy (non-hydrogen) atoms. The molecule has 0 bridgehead atoms. The minimum Gasteiger partial charge on any atom is -0.276 e. The molecule has 0 radical (unpaired) electrons. The molecule has 6 heteroatoms. The van der Waals surface area contributed by atoms with E-state index in [-0.39, 0.29) is 0 Å². The van der Waals surface area contributed by atoms with Crippen molar-refractivity contribution in [1.82, 2.24) is 5.06 Å². The molecule has 0 saturated heterocycles. The van der Waals surface area contributed by atoms with Gasteiger partial charge < -0.3 is 0 Å². The van der Waals surface area contributed by atoms with E-state index in [1.54, 1.807) is 6.92 Å². The Balaban J connectivity index is 0. The monoisotopic (exact) mass is 293 g/mol. The Bertz CT molecular complexity index is 392. The van der Waals surface area contributed by atoms with Gasteiger partial charge in [0.1, 0.15) is 5.82 Å². The van der Waals surface area contributed by atoms with E-state index in [1.807, 2.05) is 13.8 Å². The van der Waals surface area contributed by atoms with Gasteiger partial charge in [-0.3, -0.25) is 9.63 Å².